The van der Waals surface area contributed by atoms with Crippen LogP contribution in [0.3, 0.4) is 0 Å². The van der Waals surface area contributed by atoms with E-state index in [1.54, 1.807) is 31.4 Å². The van der Waals surface area contributed by atoms with Crippen LogP contribution in [0.15, 0.2) is 48.5 Å². The molecule has 1 atom stereocenters. The molecular weight excluding hydrogens is 292 g/mol. The van der Waals surface area contributed by atoms with Crippen LogP contribution in [0.2, 0.25) is 0 Å². The summed E-state index contributed by atoms with van der Waals surface area (Å²) in [6.45, 7) is 1.93. The van der Waals surface area contributed by atoms with Gasteiger partial charge in [-0.3, -0.25) is 4.79 Å². The molecule has 1 N–H and O–H groups in total. The Labute approximate surface area is 136 Å². The average molecular weight is 314 g/mol. The van der Waals surface area contributed by atoms with Gasteiger partial charge in [0.2, 0.25) is 0 Å². The number of aliphatic hydroxyl groups excluding tert-OH is 1. The third-order valence-electron chi connectivity index (χ3n) is 3.63. The van der Waals surface area contributed by atoms with Gasteiger partial charge in [0.05, 0.1) is 13.2 Å². The summed E-state index contributed by atoms with van der Waals surface area (Å²) in [7, 11) is 1.57. The Morgan fingerprint density at radius 2 is 1.87 bits per heavy atom. The Bertz CT molecular complexity index is 634. The number of aliphatic hydroxyl groups is 1. The topological polar surface area (TPSA) is 55.8 Å². The maximum absolute atomic E-state index is 12.1. The summed E-state index contributed by atoms with van der Waals surface area (Å²) in [5, 5.41) is 9.64. The minimum absolute atomic E-state index is 0.0237. The zero-order valence-electron chi connectivity index (χ0n) is 13.5. The highest BCUT2D eigenvalue weighted by molar-refractivity contribution is 5.97. The van der Waals surface area contributed by atoms with Gasteiger partial charge in [0, 0.05) is 5.56 Å². The van der Waals surface area contributed by atoms with E-state index in [-0.39, 0.29) is 18.5 Å². The average Bonchev–Trinajstić information content (AvgIpc) is 2.60. The van der Waals surface area contributed by atoms with E-state index in [2.05, 4.69) is 0 Å². The molecule has 2 rings (SSSR count). The fourth-order valence-electron chi connectivity index (χ4n) is 2.17. The quantitative estimate of drug-likeness (QED) is 0.760. The molecule has 1 unspecified atom stereocenters. The van der Waals surface area contributed by atoms with Crippen molar-refractivity contribution in [2.45, 2.75) is 25.9 Å². The van der Waals surface area contributed by atoms with Crippen LogP contribution in [0, 0.1) is 0 Å². The summed E-state index contributed by atoms with van der Waals surface area (Å²) < 4.78 is 10.6. The van der Waals surface area contributed by atoms with E-state index in [9.17, 15) is 9.90 Å². The molecule has 0 aliphatic rings. The molecule has 0 spiro atoms. The molecule has 4 nitrogen and oxygen atoms in total. The molecule has 0 saturated carbocycles. The molecule has 23 heavy (non-hydrogen) atoms. The molecule has 0 aromatic heterocycles. The standard InChI is InChI=1S/C19H22O4/c1-3-16(20)11-14-7-9-17(10-8-14)23-13-19(21)15-5-4-6-18(12-15)22-2/h4-10,12,16,20H,3,11,13H2,1-2H3. The Kier molecular flexibility index (Phi) is 6.18. The highest BCUT2D eigenvalue weighted by Gasteiger charge is 2.08. The van der Waals surface area contributed by atoms with Crippen LogP contribution in [0.25, 0.3) is 0 Å². The third kappa shape index (κ3) is 5.11. The SMILES string of the molecule is CCC(O)Cc1ccc(OCC(=O)c2cccc(OC)c2)cc1. The van der Waals surface area contributed by atoms with Gasteiger partial charge in [0.1, 0.15) is 11.5 Å². The predicted molar refractivity (Wildman–Crippen MR) is 89.3 cm³/mol. The Morgan fingerprint density at radius 1 is 1.13 bits per heavy atom. The molecule has 0 aliphatic heterocycles. The minimum Gasteiger partial charge on any atom is -0.497 e. The molecule has 0 heterocycles. The summed E-state index contributed by atoms with van der Waals surface area (Å²) >= 11 is 0. The van der Waals surface area contributed by atoms with E-state index < -0.39 is 0 Å². The van der Waals surface area contributed by atoms with Gasteiger partial charge in [-0.25, -0.2) is 0 Å². The van der Waals surface area contributed by atoms with Crippen molar-refractivity contribution in [2.24, 2.45) is 0 Å². The maximum Gasteiger partial charge on any atom is 0.200 e. The van der Waals surface area contributed by atoms with Gasteiger partial charge in [0.15, 0.2) is 12.4 Å². The van der Waals surface area contributed by atoms with Crippen LogP contribution in [0.4, 0.5) is 0 Å². The lowest BCUT2D eigenvalue weighted by Gasteiger charge is -2.09. The van der Waals surface area contributed by atoms with Crippen LogP contribution in [0.1, 0.15) is 29.3 Å². The number of carbonyl (C=O) groups excluding carboxylic acids is 1. The summed E-state index contributed by atoms with van der Waals surface area (Å²) in [6, 6.07) is 14.5. The van der Waals surface area contributed by atoms with Crippen LogP contribution in [-0.4, -0.2) is 30.7 Å². The molecule has 122 valence electrons. The third-order valence-corrected chi connectivity index (χ3v) is 3.63. The molecule has 0 amide bonds. The molecule has 0 aliphatic carbocycles. The van der Waals surface area contributed by atoms with E-state index in [0.717, 1.165) is 12.0 Å². The van der Waals surface area contributed by atoms with E-state index in [4.69, 9.17) is 9.47 Å². The van der Waals surface area contributed by atoms with Crippen molar-refractivity contribution in [3.8, 4) is 11.5 Å². The molecule has 0 saturated heterocycles. The fourth-order valence-corrected chi connectivity index (χ4v) is 2.17. The Hall–Kier alpha value is -2.33. The molecule has 4 heteroatoms. The van der Waals surface area contributed by atoms with Gasteiger partial charge in [-0.15, -0.1) is 0 Å². The van der Waals surface area contributed by atoms with Crippen molar-refractivity contribution in [2.75, 3.05) is 13.7 Å². The minimum atomic E-state index is -0.323. The number of Topliss-reactive ketones (excluding diaryl/α,β-unsaturated/α-hetero) is 1. The molecule has 2 aromatic rings. The number of methoxy groups -OCH3 is 1. The highest BCUT2D eigenvalue weighted by atomic mass is 16.5. The van der Waals surface area contributed by atoms with Crippen LogP contribution in [0.5, 0.6) is 11.5 Å². The molecule has 0 radical (unpaired) electrons. The lowest BCUT2D eigenvalue weighted by Crippen LogP contribution is -2.12. The van der Waals surface area contributed by atoms with E-state index >= 15 is 0 Å². The van der Waals surface area contributed by atoms with E-state index in [1.807, 2.05) is 31.2 Å². The van der Waals surface area contributed by atoms with Crippen LogP contribution < -0.4 is 9.47 Å². The summed E-state index contributed by atoms with van der Waals surface area (Å²) in [5.74, 6) is 1.18. The highest BCUT2D eigenvalue weighted by Crippen LogP contribution is 2.16. The van der Waals surface area contributed by atoms with Gasteiger partial charge < -0.3 is 14.6 Å². The number of ketones is 1. The maximum atomic E-state index is 12.1. The predicted octanol–water partition coefficient (Wildman–Crippen LogP) is 3.27. The van der Waals surface area contributed by atoms with Gasteiger partial charge in [-0.2, -0.15) is 0 Å². The second-order valence-corrected chi connectivity index (χ2v) is 5.35. The lowest BCUT2D eigenvalue weighted by atomic mass is 10.1. The number of ether oxygens (including phenoxy) is 2. The number of carbonyl (C=O) groups is 1. The van der Waals surface area contributed by atoms with E-state index in [1.165, 1.54) is 0 Å². The summed E-state index contributed by atoms with van der Waals surface area (Å²) in [5.41, 5.74) is 1.61. The second kappa shape index (κ2) is 8.34. The number of hydrogen-bond donors (Lipinski definition) is 1. The fraction of sp³-hybridized carbons (Fsp3) is 0.316. The molecule has 0 fully saturated rings. The Balaban J connectivity index is 1.91. The normalized spacial score (nSPS) is 11.8. The molecule has 0 bridgehead atoms. The first-order valence-electron chi connectivity index (χ1n) is 7.69. The lowest BCUT2D eigenvalue weighted by molar-refractivity contribution is 0.0921. The largest absolute Gasteiger partial charge is 0.497 e. The Morgan fingerprint density at radius 3 is 2.52 bits per heavy atom. The first-order valence-corrected chi connectivity index (χ1v) is 7.69. The first kappa shape index (κ1) is 17.0. The number of benzene rings is 2. The van der Waals surface area contributed by atoms with Crippen molar-refractivity contribution in [3.63, 3.8) is 0 Å². The van der Waals surface area contributed by atoms with Crippen molar-refractivity contribution >= 4 is 5.78 Å². The van der Waals surface area contributed by atoms with Crippen molar-refractivity contribution in [3.05, 3.63) is 59.7 Å². The smallest absolute Gasteiger partial charge is 0.200 e. The zero-order valence-corrected chi connectivity index (χ0v) is 13.5. The second-order valence-electron chi connectivity index (χ2n) is 5.35. The van der Waals surface area contributed by atoms with Crippen molar-refractivity contribution < 1.29 is 19.4 Å². The van der Waals surface area contributed by atoms with Gasteiger partial charge >= 0.3 is 0 Å². The summed E-state index contributed by atoms with van der Waals surface area (Å²) in [4.78, 5) is 12.1. The van der Waals surface area contributed by atoms with Crippen molar-refractivity contribution in [1.82, 2.24) is 0 Å². The summed E-state index contributed by atoms with van der Waals surface area (Å²) in [6.07, 6.45) is 1.03. The zero-order chi connectivity index (χ0) is 16.7. The van der Waals surface area contributed by atoms with Gasteiger partial charge in [-0.1, -0.05) is 31.2 Å². The first-order chi connectivity index (χ1) is 11.1. The number of rotatable bonds is 8. The van der Waals surface area contributed by atoms with Gasteiger partial charge in [-0.05, 0) is 42.7 Å². The van der Waals surface area contributed by atoms with Gasteiger partial charge in [0.25, 0.3) is 0 Å². The van der Waals surface area contributed by atoms with E-state index in [0.29, 0.717) is 23.5 Å². The van der Waals surface area contributed by atoms with Crippen molar-refractivity contribution in [1.29, 1.82) is 0 Å². The van der Waals surface area contributed by atoms with Crippen LogP contribution >= 0.6 is 0 Å². The number of hydrogen-bond acceptors (Lipinski definition) is 4. The monoisotopic (exact) mass is 314 g/mol. The molecular formula is C19H22O4. The molecule has 2 aromatic carbocycles. The van der Waals surface area contributed by atoms with Crippen LogP contribution in [-0.2, 0) is 6.42 Å².